The summed E-state index contributed by atoms with van der Waals surface area (Å²) in [5.74, 6) is -1.83. The van der Waals surface area contributed by atoms with Gasteiger partial charge >= 0.3 is 12.1 Å². The van der Waals surface area contributed by atoms with E-state index in [0.717, 1.165) is 40.4 Å². The lowest BCUT2D eigenvalue weighted by molar-refractivity contribution is -0.135. The monoisotopic (exact) mass is 282 g/mol. The highest BCUT2D eigenvalue weighted by atomic mass is 16.2. The Kier molecular flexibility index (Phi) is 2.99. The van der Waals surface area contributed by atoms with Gasteiger partial charge in [-0.2, -0.15) is 0 Å². The van der Waals surface area contributed by atoms with Gasteiger partial charge in [0.2, 0.25) is 17.7 Å². The van der Waals surface area contributed by atoms with E-state index >= 15 is 0 Å². The summed E-state index contributed by atoms with van der Waals surface area (Å²) >= 11 is 0. The summed E-state index contributed by atoms with van der Waals surface area (Å²) in [6.07, 6.45) is -2.10. The van der Waals surface area contributed by atoms with E-state index in [-0.39, 0.29) is 0 Å². The fourth-order valence-corrected chi connectivity index (χ4v) is 2.59. The highest BCUT2D eigenvalue weighted by Gasteiger charge is 2.61. The number of hydrogen-bond acceptors (Lipinski definition) is 5. The molecule has 9 nitrogen and oxygen atoms in total. The predicted octanol–water partition coefficient (Wildman–Crippen LogP) is -0.617. The molecule has 0 N–H and O–H groups in total. The van der Waals surface area contributed by atoms with Gasteiger partial charge in [0, 0.05) is 27.8 Å². The van der Waals surface area contributed by atoms with Crippen molar-refractivity contribution < 1.29 is 24.0 Å². The van der Waals surface area contributed by atoms with Gasteiger partial charge < -0.3 is 4.90 Å². The van der Waals surface area contributed by atoms with Gasteiger partial charge in [-0.15, -0.1) is 0 Å². The molecule has 7 amide bonds. The average Bonchev–Trinajstić information content (AvgIpc) is 2.72. The van der Waals surface area contributed by atoms with Crippen LogP contribution in [0.15, 0.2) is 0 Å². The number of hydrogen-bond donors (Lipinski definition) is 0. The van der Waals surface area contributed by atoms with Gasteiger partial charge in [-0.25, -0.2) is 24.3 Å². The van der Waals surface area contributed by atoms with Gasteiger partial charge in [-0.3, -0.25) is 14.4 Å². The zero-order valence-corrected chi connectivity index (χ0v) is 11.5. The molecule has 0 bridgehead atoms. The smallest absolute Gasteiger partial charge is 0.302 e. The van der Waals surface area contributed by atoms with E-state index in [0.29, 0.717) is 0 Å². The van der Waals surface area contributed by atoms with E-state index < -0.39 is 42.1 Å². The zero-order valence-electron chi connectivity index (χ0n) is 11.5. The number of rotatable bonds is 0. The Morgan fingerprint density at radius 3 is 1.50 bits per heavy atom. The predicted molar refractivity (Wildman–Crippen MR) is 63.7 cm³/mol. The molecule has 0 aliphatic carbocycles. The molecule has 0 aromatic carbocycles. The van der Waals surface area contributed by atoms with Crippen molar-refractivity contribution in [3.05, 3.63) is 0 Å². The molecule has 2 rings (SSSR count). The number of carbonyl (C=O) groups excluding carboxylic acids is 5. The minimum absolute atomic E-state index is 0.598. The maximum Gasteiger partial charge on any atom is 0.337 e. The molecule has 20 heavy (non-hydrogen) atoms. The Morgan fingerprint density at radius 1 is 0.750 bits per heavy atom. The van der Waals surface area contributed by atoms with Crippen LogP contribution in [0.2, 0.25) is 0 Å². The van der Waals surface area contributed by atoms with Crippen molar-refractivity contribution in [2.75, 3.05) is 7.05 Å². The molecule has 2 atom stereocenters. The lowest BCUT2D eigenvalue weighted by Crippen LogP contribution is -2.50. The Morgan fingerprint density at radius 2 is 1.10 bits per heavy atom. The number of nitrogens with zero attached hydrogens (tertiary/aromatic N) is 4. The van der Waals surface area contributed by atoms with Crippen LogP contribution in [0.1, 0.15) is 20.8 Å². The van der Waals surface area contributed by atoms with Gasteiger partial charge in [0.1, 0.15) is 0 Å². The van der Waals surface area contributed by atoms with Crippen LogP contribution in [-0.2, 0) is 14.4 Å². The fourth-order valence-electron chi connectivity index (χ4n) is 2.59. The molecular formula is C11H14N4O5. The third-order valence-corrected chi connectivity index (χ3v) is 3.39. The molecular weight excluding hydrogens is 268 g/mol. The molecule has 0 aromatic heterocycles. The summed E-state index contributed by atoms with van der Waals surface area (Å²) in [6, 6.07) is -1.48. The first-order chi connectivity index (χ1) is 9.20. The molecule has 0 spiro atoms. The van der Waals surface area contributed by atoms with Crippen molar-refractivity contribution in [3.63, 3.8) is 0 Å². The van der Waals surface area contributed by atoms with E-state index in [1.807, 2.05) is 0 Å². The van der Waals surface area contributed by atoms with Crippen molar-refractivity contribution in [1.82, 2.24) is 19.6 Å². The summed E-state index contributed by atoms with van der Waals surface area (Å²) in [6.45, 7) is 3.46. The quantitative estimate of drug-likeness (QED) is 0.590. The molecule has 2 aliphatic rings. The van der Waals surface area contributed by atoms with Gasteiger partial charge in [0.05, 0.1) is 0 Å². The third-order valence-electron chi connectivity index (χ3n) is 3.39. The second-order valence-electron chi connectivity index (χ2n) is 4.67. The molecule has 2 saturated heterocycles. The number of likely N-dealkylation sites (N-methyl/N-ethyl adjacent to an activating group) is 1. The largest absolute Gasteiger partial charge is 0.337 e. The molecule has 108 valence electrons. The summed E-state index contributed by atoms with van der Waals surface area (Å²) < 4.78 is 0. The van der Waals surface area contributed by atoms with Gasteiger partial charge in [-0.05, 0) is 0 Å². The van der Waals surface area contributed by atoms with Crippen LogP contribution in [0, 0.1) is 0 Å². The van der Waals surface area contributed by atoms with E-state index in [2.05, 4.69) is 0 Å². The lowest BCUT2D eigenvalue weighted by Gasteiger charge is -2.24. The van der Waals surface area contributed by atoms with Crippen LogP contribution >= 0.6 is 0 Å². The van der Waals surface area contributed by atoms with Crippen LogP contribution in [0.3, 0.4) is 0 Å². The Labute approximate surface area is 114 Å². The van der Waals surface area contributed by atoms with Crippen molar-refractivity contribution in [2.45, 2.75) is 33.1 Å². The number of amides is 7. The summed E-state index contributed by atoms with van der Waals surface area (Å²) in [7, 11) is 1.37. The molecule has 2 aliphatic heterocycles. The summed E-state index contributed by atoms with van der Waals surface area (Å²) in [5, 5.41) is 0. The van der Waals surface area contributed by atoms with Crippen LogP contribution < -0.4 is 0 Å². The molecule has 0 unspecified atom stereocenters. The first kappa shape index (κ1) is 14.0. The number of urea groups is 2. The van der Waals surface area contributed by atoms with Crippen LogP contribution in [0.5, 0.6) is 0 Å². The minimum atomic E-state index is -1.11. The topological polar surface area (TPSA) is 98.3 Å². The summed E-state index contributed by atoms with van der Waals surface area (Å²) in [5.41, 5.74) is 0. The lowest BCUT2D eigenvalue weighted by atomic mass is 10.3. The van der Waals surface area contributed by atoms with Gasteiger partial charge in [0.15, 0.2) is 12.3 Å². The van der Waals surface area contributed by atoms with Crippen molar-refractivity contribution in [1.29, 1.82) is 0 Å². The standard InChI is InChI=1S/C11H14N4O5/c1-5(16)13-8-9(15(7(3)18)11(13)20)14(6(2)17)10(19)12(8)4/h8-9H,1-4H3/t8-,9+/m1/s1. The maximum atomic E-state index is 12.2. The molecule has 2 heterocycles. The van der Waals surface area contributed by atoms with Crippen molar-refractivity contribution in [2.24, 2.45) is 0 Å². The van der Waals surface area contributed by atoms with Crippen molar-refractivity contribution >= 4 is 29.8 Å². The minimum Gasteiger partial charge on any atom is -0.302 e. The Balaban J connectivity index is 2.58. The van der Waals surface area contributed by atoms with E-state index in [9.17, 15) is 24.0 Å². The Hall–Kier alpha value is -2.45. The van der Waals surface area contributed by atoms with E-state index in [1.165, 1.54) is 7.05 Å². The van der Waals surface area contributed by atoms with Gasteiger partial charge in [0.25, 0.3) is 0 Å². The molecule has 2 fully saturated rings. The number of carbonyl (C=O) groups is 5. The van der Waals surface area contributed by atoms with Crippen molar-refractivity contribution in [3.8, 4) is 0 Å². The second-order valence-corrected chi connectivity index (χ2v) is 4.67. The zero-order chi connectivity index (χ0) is 15.4. The average molecular weight is 282 g/mol. The number of fused-ring (bicyclic) bond motifs is 1. The van der Waals surface area contributed by atoms with Crippen LogP contribution in [0.25, 0.3) is 0 Å². The first-order valence-electron chi connectivity index (χ1n) is 5.90. The molecule has 0 radical (unpaired) electrons. The third kappa shape index (κ3) is 1.59. The molecule has 9 heteroatoms. The van der Waals surface area contributed by atoms with Crippen LogP contribution in [-0.4, -0.2) is 68.8 Å². The highest BCUT2D eigenvalue weighted by molar-refractivity contribution is 6.07. The summed E-state index contributed by atoms with van der Waals surface area (Å²) in [4.78, 5) is 62.6. The van der Waals surface area contributed by atoms with E-state index in [4.69, 9.17) is 0 Å². The van der Waals surface area contributed by atoms with Crippen LogP contribution in [0.4, 0.5) is 9.59 Å². The molecule has 0 saturated carbocycles. The molecule has 0 aromatic rings. The first-order valence-corrected chi connectivity index (χ1v) is 5.90. The normalized spacial score (nSPS) is 25.4. The second kappa shape index (κ2) is 4.29. The fraction of sp³-hybridized carbons (Fsp3) is 0.545. The maximum absolute atomic E-state index is 12.2. The highest BCUT2D eigenvalue weighted by Crippen LogP contribution is 2.34. The van der Waals surface area contributed by atoms with E-state index in [1.54, 1.807) is 0 Å². The Bertz CT molecular complexity index is 533. The number of imide groups is 3. The van der Waals surface area contributed by atoms with Gasteiger partial charge in [-0.1, -0.05) is 0 Å². The SMILES string of the molecule is CC(=O)N1C(=O)N(C)[C@H]2[C@@H]1N(C(C)=O)C(=O)N2C(C)=O.